The molecule has 12 heavy (non-hydrogen) atoms. The first-order chi connectivity index (χ1) is 5.69. The fourth-order valence-corrected chi connectivity index (χ4v) is 1.84. The molecule has 0 unspecified atom stereocenters. The second-order valence-electron chi connectivity index (χ2n) is 2.22. The minimum absolute atomic E-state index is 0.519. The van der Waals surface area contributed by atoms with Crippen LogP contribution in [0.2, 0.25) is 10.0 Å². The Kier molecular flexibility index (Phi) is 3.69. The molecule has 0 aliphatic carbocycles. The van der Waals surface area contributed by atoms with Gasteiger partial charge in [-0.1, -0.05) is 39.1 Å². The number of hydrogen-bond donors (Lipinski definition) is 0. The lowest BCUT2D eigenvalue weighted by atomic mass is 10.2. The Morgan fingerprint density at radius 1 is 1.42 bits per heavy atom. The quantitative estimate of drug-likeness (QED) is 0.740. The number of halogens is 3. The summed E-state index contributed by atoms with van der Waals surface area (Å²) < 4.78 is 5.03. The molecule has 0 spiro atoms. The molecule has 0 bridgehead atoms. The fourth-order valence-electron chi connectivity index (χ4n) is 0.833. The Morgan fingerprint density at radius 3 is 2.58 bits per heavy atom. The monoisotopic (exact) mass is 268 g/mol. The highest BCUT2D eigenvalue weighted by Gasteiger charge is 2.06. The normalized spacial score (nSPS) is 10.0. The summed E-state index contributed by atoms with van der Waals surface area (Å²) in [7, 11) is 1.59. The second kappa shape index (κ2) is 4.35. The maximum atomic E-state index is 5.90. The number of rotatable bonds is 2. The minimum Gasteiger partial charge on any atom is -0.497 e. The average molecular weight is 270 g/mol. The molecule has 0 aliphatic heterocycles. The number of benzene rings is 1. The van der Waals surface area contributed by atoms with Crippen molar-refractivity contribution in [1.29, 1.82) is 0 Å². The molecule has 0 atom stereocenters. The number of alkyl halides is 1. The van der Waals surface area contributed by atoms with E-state index >= 15 is 0 Å². The summed E-state index contributed by atoms with van der Waals surface area (Å²) >= 11 is 15.1. The second-order valence-corrected chi connectivity index (χ2v) is 3.56. The van der Waals surface area contributed by atoms with Gasteiger partial charge in [-0.25, -0.2) is 0 Å². The van der Waals surface area contributed by atoms with Crippen molar-refractivity contribution in [3.8, 4) is 5.75 Å². The third-order valence-electron chi connectivity index (χ3n) is 1.46. The Bertz CT molecular complexity index is 289. The van der Waals surface area contributed by atoms with Crippen LogP contribution in [0.1, 0.15) is 5.56 Å². The van der Waals surface area contributed by atoms with Gasteiger partial charge < -0.3 is 4.74 Å². The van der Waals surface area contributed by atoms with Crippen molar-refractivity contribution in [3.05, 3.63) is 27.7 Å². The molecule has 0 fully saturated rings. The van der Waals surface area contributed by atoms with E-state index in [-0.39, 0.29) is 0 Å². The first-order valence-electron chi connectivity index (χ1n) is 3.27. The van der Waals surface area contributed by atoms with Gasteiger partial charge in [-0.05, 0) is 11.6 Å². The largest absolute Gasteiger partial charge is 0.497 e. The molecule has 0 radical (unpaired) electrons. The summed E-state index contributed by atoms with van der Waals surface area (Å²) in [5, 5.41) is 1.77. The number of hydrogen-bond acceptors (Lipinski definition) is 1. The van der Waals surface area contributed by atoms with Crippen molar-refractivity contribution in [3.63, 3.8) is 0 Å². The van der Waals surface area contributed by atoms with Crippen LogP contribution in [0.25, 0.3) is 0 Å². The molecule has 0 saturated heterocycles. The van der Waals surface area contributed by atoms with E-state index in [0.29, 0.717) is 15.4 Å². The first-order valence-corrected chi connectivity index (χ1v) is 5.14. The van der Waals surface area contributed by atoms with Crippen LogP contribution < -0.4 is 4.74 Å². The average Bonchev–Trinajstić information content (AvgIpc) is 2.09. The topological polar surface area (TPSA) is 9.23 Å². The molecule has 1 aromatic rings. The van der Waals surface area contributed by atoms with Gasteiger partial charge in [-0.2, -0.15) is 0 Å². The van der Waals surface area contributed by atoms with E-state index in [1.807, 2.05) is 6.07 Å². The zero-order chi connectivity index (χ0) is 9.14. The molecule has 4 heteroatoms. The molecule has 0 aromatic heterocycles. The zero-order valence-electron chi connectivity index (χ0n) is 6.40. The molecule has 0 heterocycles. The molecule has 66 valence electrons. The van der Waals surface area contributed by atoms with Crippen LogP contribution in [0.15, 0.2) is 12.1 Å². The van der Waals surface area contributed by atoms with Gasteiger partial charge >= 0.3 is 0 Å². The Hall–Kier alpha value is 0.0800. The lowest BCUT2D eigenvalue weighted by Gasteiger charge is -2.05. The van der Waals surface area contributed by atoms with E-state index < -0.39 is 0 Å². The number of methoxy groups -OCH3 is 1. The van der Waals surface area contributed by atoms with Crippen molar-refractivity contribution >= 4 is 39.1 Å². The molecular weight excluding hydrogens is 263 g/mol. The summed E-state index contributed by atoms with van der Waals surface area (Å²) in [4.78, 5) is 0. The van der Waals surface area contributed by atoms with Gasteiger partial charge in [-0.3, -0.25) is 0 Å². The van der Waals surface area contributed by atoms with E-state index in [0.717, 1.165) is 11.3 Å². The summed E-state index contributed by atoms with van der Waals surface area (Å²) in [5.41, 5.74) is 0.931. The summed E-state index contributed by atoms with van der Waals surface area (Å²) in [5.74, 6) is 0.721. The molecule has 0 aliphatic rings. The maximum Gasteiger partial charge on any atom is 0.120 e. The van der Waals surface area contributed by atoms with Crippen LogP contribution in [0.5, 0.6) is 5.75 Å². The molecule has 1 rings (SSSR count). The van der Waals surface area contributed by atoms with Crippen molar-refractivity contribution < 1.29 is 4.74 Å². The van der Waals surface area contributed by atoms with Gasteiger partial charge in [-0.15, -0.1) is 0 Å². The third-order valence-corrected chi connectivity index (χ3v) is 2.90. The van der Waals surface area contributed by atoms with E-state index in [9.17, 15) is 0 Å². The van der Waals surface area contributed by atoms with Crippen LogP contribution in [0, 0.1) is 0 Å². The molecule has 0 amide bonds. The summed E-state index contributed by atoms with van der Waals surface area (Å²) in [6.07, 6.45) is 0. The molecular formula is C8H7BrCl2O. The predicted molar refractivity (Wildman–Crippen MR) is 55.6 cm³/mol. The van der Waals surface area contributed by atoms with Crippen LogP contribution in [0.4, 0.5) is 0 Å². The van der Waals surface area contributed by atoms with E-state index in [1.165, 1.54) is 0 Å². The number of ether oxygens (including phenoxy) is 1. The van der Waals surface area contributed by atoms with Crippen LogP contribution >= 0.6 is 39.1 Å². The first kappa shape index (κ1) is 10.2. The maximum absolute atomic E-state index is 5.90. The lowest BCUT2D eigenvalue weighted by molar-refractivity contribution is 0.414. The molecule has 1 nitrogen and oxygen atoms in total. The Balaban J connectivity index is 3.19. The SMILES string of the molecule is COc1cc(Cl)c(Cl)c(CBr)c1. The molecule has 0 saturated carbocycles. The summed E-state index contributed by atoms with van der Waals surface area (Å²) in [6.45, 7) is 0. The standard InChI is InChI=1S/C8H7BrCl2O/c1-12-6-2-5(4-9)8(11)7(10)3-6/h2-3H,4H2,1H3. The molecule has 0 N–H and O–H groups in total. The van der Waals surface area contributed by atoms with Crippen molar-refractivity contribution in [2.75, 3.05) is 7.11 Å². The van der Waals surface area contributed by atoms with Gasteiger partial charge in [0.15, 0.2) is 0 Å². The fraction of sp³-hybridized carbons (Fsp3) is 0.250. The van der Waals surface area contributed by atoms with Crippen LogP contribution in [-0.2, 0) is 5.33 Å². The van der Waals surface area contributed by atoms with Crippen LogP contribution in [0.3, 0.4) is 0 Å². The van der Waals surface area contributed by atoms with Gasteiger partial charge in [0.2, 0.25) is 0 Å². The smallest absolute Gasteiger partial charge is 0.120 e. The van der Waals surface area contributed by atoms with Gasteiger partial charge in [0, 0.05) is 11.4 Å². The third kappa shape index (κ3) is 2.06. The highest BCUT2D eigenvalue weighted by Crippen LogP contribution is 2.31. The van der Waals surface area contributed by atoms with E-state index in [1.54, 1.807) is 13.2 Å². The molecule has 1 aromatic carbocycles. The van der Waals surface area contributed by atoms with E-state index in [2.05, 4.69) is 15.9 Å². The van der Waals surface area contributed by atoms with Crippen molar-refractivity contribution in [2.24, 2.45) is 0 Å². The zero-order valence-corrected chi connectivity index (χ0v) is 9.50. The van der Waals surface area contributed by atoms with Gasteiger partial charge in [0.1, 0.15) is 5.75 Å². The van der Waals surface area contributed by atoms with E-state index in [4.69, 9.17) is 27.9 Å². The Labute approximate surface area is 89.7 Å². The summed E-state index contributed by atoms with van der Waals surface area (Å²) in [6, 6.07) is 3.54. The highest BCUT2D eigenvalue weighted by atomic mass is 79.9. The highest BCUT2D eigenvalue weighted by molar-refractivity contribution is 9.08. The van der Waals surface area contributed by atoms with Crippen molar-refractivity contribution in [1.82, 2.24) is 0 Å². The van der Waals surface area contributed by atoms with Crippen LogP contribution in [-0.4, -0.2) is 7.11 Å². The predicted octanol–water partition coefficient (Wildman–Crippen LogP) is 3.90. The minimum atomic E-state index is 0.519. The Morgan fingerprint density at radius 2 is 2.08 bits per heavy atom. The van der Waals surface area contributed by atoms with Gasteiger partial charge in [0.05, 0.1) is 17.2 Å². The lowest BCUT2D eigenvalue weighted by Crippen LogP contribution is -1.87. The van der Waals surface area contributed by atoms with Crippen molar-refractivity contribution in [2.45, 2.75) is 5.33 Å². The van der Waals surface area contributed by atoms with Gasteiger partial charge in [0.25, 0.3) is 0 Å².